The Morgan fingerprint density at radius 3 is 2.74 bits per heavy atom. The summed E-state index contributed by atoms with van der Waals surface area (Å²) in [6.45, 7) is 5.19. The van der Waals surface area contributed by atoms with Gasteiger partial charge in [-0.1, -0.05) is 37.7 Å². The zero-order valence-electron chi connectivity index (χ0n) is 18.1. The minimum atomic E-state index is -3.10. The lowest BCUT2D eigenvalue weighted by molar-refractivity contribution is -0.130. The van der Waals surface area contributed by atoms with Gasteiger partial charge in [-0.05, 0) is 24.5 Å². The first kappa shape index (κ1) is 23.7. The molecule has 2 aromatic rings. The molecule has 170 valence electrons. The molecule has 3 rings (SSSR count). The number of hydrogen-bond acceptors (Lipinski definition) is 7. The van der Waals surface area contributed by atoms with Gasteiger partial charge < -0.3 is 9.64 Å². The van der Waals surface area contributed by atoms with Crippen molar-refractivity contribution in [2.75, 3.05) is 37.5 Å². The third-order valence-corrected chi connectivity index (χ3v) is 7.91. The molecule has 1 aromatic heterocycles. The molecule has 0 aliphatic carbocycles. The number of hydrogen-bond donors (Lipinski definition) is 0. The molecule has 1 aliphatic heterocycles. The van der Waals surface area contributed by atoms with E-state index in [0.29, 0.717) is 42.2 Å². The van der Waals surface area contributed by atoms with E-state index in [0.717, 1.165) is 0 Å². The monoisotopic (exact) mass is 467 g/mol. The molecule has 2 heterocycles. The van der Waals surface area contributed by atoms with E-state index in [4.69, 9.17) is 4.74 Å². The van der Waals surface area contributed by atoms with Gasteiger partial charge in [-0.2, -0.15) is 0 Å². The van der Waals surface area contributed by atoms with Gasteiger partial charge in [-0.25, -0.2) is 13.4 Å². The van der Waals surface area contributed by atoms with E-state index < -0.39 is 9.84 Å². The maximum Gasteiger partial charge on any atom is 0.262 e. The normalized spacial score (nSPS) is 18.0. The van der Waals surface area contributed by atoms with Crippen LogP contribution >= 0.6 is 11.8 Å². The Bertz CT molecular complexity index is 1100. The van der Waals surface area contributed by atoms with Crippen molar-refractivity contribution < 1.29 is 17.9 Å². The van der Waals surface area contributed by atoms with Crippen LogP contribution in [0.1, 0.15) is 20.3 Å². The van der Waals surface area contributed by atoms with Gasteiger partial charge in [-0.3, -0.25) is 14.2 Å². The highest BCUT2D eigenvalue weighted by atomic mass is 32.2. The Balaban J connectivity index is 1.84. The van der Waals surface area contributed by atoms with Gasteiger partial charge in [0.2, 0.25) is 5.91 Å². The number of para-hydroxylation sites is 1. The fraction of sp³-hybridized carbons (Fsp3) is 0.571. The van der Waals surface area contributed by atoms with Crippen LogP contribution in [-0.4, -0.2) is 72.3 Å². The number of benzene rings is 1. The van der Waals surface area contributed by atoms with Crippen LogP contribution in [0.4, 0.5) is 0 Å². The number of amides is 1. The van der Waals surface area contributed by atoms with Gasteiger partial charge in [0.15, 0.2) is 15.0 Å². The summed E-state index contributed by atoms with van der Waals surface area (Å²) in [7, 11) is -1.53. The number of thioether (sulfide) groups is 1. The third kappa shape index (κ3) is 5.87. The highest BCUT2D eigenvalue weighted by Crippen LogP contribution is 2.23. The molecule has 1 saturated heterocycles. The number of methoxy groups -OCH3 is 1. The summed E-state index contributed by atoms with van der Waals surface area (Å²) in [4.78, 5) is 32.3. The number of fused-ring (bicyclic) bond motifs is 1. The summed E-state index contributed by atoms with van der Waals surface area (Å²) in [5.74, 6) is 0.303. The van der Waals surface area contributed by atoms with Crippen LogP contribution < -0.4 is 5.56 Å². The van der Waals surface area contributed by atoms with E-state index in [1.165, 1.54) is 16.3 Å². The average molecular weight is 468 g/mol. The van der Waals surface area contributed by atoms with Crippen molar-refractivity contribution in [3.63, 3.8) is 0 Å². The SMILES string of the molecule is COCCn1c(SCC(=O)N(CC(C)C)C2CCS(=O)(=O)C2)nc2ccccc2c1=O. The van der Waals surface area contributed by atoms with Crippen molar-refractivity contribution in [2.45, 2.75) is 38.0 Å². The van der Waals surface area contributed by atoms with Crippen molar-refractivity contribution in [3.8, 4) is 0 Å². The molecule has 1 unspecified atom stereocenters. The van der Waals surface area contributed by atoms with Crippen molar-refractivity contribution >= 4 is 38.4 Å². The van der Waals surface area contributed by atoms with E-state index in [1.54, 1.807) is 30.2 Å². The van der Waals surface area contributed by atoms with Gasteiger partial charge in [0.25, 0.3) is 5.56 Å². The van der Waals surface area contributed by atoms with Crippen LogP contribution in [-0.2, 0) is 25.9 Å². The number of rotatable bonds is 9. The van der Waals surface area contributed by atoms with Crippen molar-refractivity contribution in [2.24, 2.45) is 5.92 Å². The standard InChI is InChI=1S/C21H29N3O5S2/c1-15(2)12-24(16-8-11-31(27,28)14-16)19(25)13-30-21-22-18-7-5-4-6-17(18)20(26)23(21)9-10-29-3/h4-7,15-16H,8-14H2,1-3H3. The van der Waals surface area contributed by atoms with Crippen LogP contribution in [0.3, 0.4) is 0 Å². The Hall–Kier alpha value is -1.91. The van der Waals surface area contributed by atoms with Crippen molar-refractivity contribution in [1.82, 2.24) is 14.5 Å². The number of carbonyl (C=O) groups excluding carboxylic acids is 1. The first-order valence-corrected chi connectivity index (χ1v) is 13.1. The summed E-state index contributed by atoms with van der Waals surface area (Å²) in [6.07, 6.45) is 0.470. The van der Waals surface area contributed by atoms with Crippen molar-refractivity contribution in [3.05, 3.63) is 34.6 Å². The molecule has 1 fully saturated rings. The number of nitrogens with zero attached hydrogens (tertiary/aromatic N) is 3. The molecule has 0 bridgehead atoms. The number of sulfone groups is 1. The fourth-order valence-electron chi connectivity index (χ4n) is 3.72. The highest BCUT2D eigenvalue weighted by Gasteiger charge is 2.34. The first-order valence-electron chi connectivity index (χ1n) is 10.3. The molecule has 1 amide bonds. The smallest absolute Gasteiger partial charge is 0.262 e. The van der Waals surface area contributed by atoms with E-state index in [-0.39, 0.29) is 40.7 Å². The molecule has 0 spiro atoms. The van der Waals surface area contributed by atoms with Gasteiger partial charge in [0.05, 0.1) is 41.3 Å². The molecule has 1 atom stereocenters. The fourth-order valence-corrected chi connectivity index (χ4v) is 6.36. The first-order chi connectivity index (χ1) is 14.7. The summed E-state index contributed by atoms with van der Waals surface area (Å²) < 4.78 is 30.5. The Morgan fingerprint density at radius 2 is 2.10 bits per heavy atom. The molecular formula is C21H29N3O5S2. The van der Waals surface area contributed by atoms with Crippen LogP contribution in [0.5, 0.6) is 0 Å². The number of aromatic nitrogens is 2. The second-order valence-corrected chi connectivity index (χ2v) is 11.3. The van der Waals surface area contributed by atoms with Crippen LogP contribution in [0.25, 0.3) is 10.9 Å². The van der Waals surface area contributed by atoms with E-state index in [1.807, 2.05) is 19.9 Å². The quantitative estimate of drug-likeness (QED) is 0.410. The van der Waals surface area contributed by atoms with E-state index in [9.17, 15) is 18.0 Å². The Kier molecular flexibility index (Phi) is 7.77. The van der Waals surface area contributed by atoms with Gasteiger partial charge in [-0.15, -0.1) is 0 Å². The molecule has 1 aromatic carbocycles. The maximum atomic E-state index is 13.1. The van der Waals surface area contributed by atoms with E-state index >= 15 is 0 Å². The summed E-state index contributed by atoms with van der Waals surface area (Å²) in [5, 5.41) is 0.976. The second kappa shape index (κ2) is 10.1. The minimum Gasteiger partial charge on any atom is -0.383 e. The summed E-state index contributed by atoms with van der Waals surface area (Å²) in [5.41, 5.74) is 0.413. The topological polar surface area (TPSA) is 98.6 Å². The minimum absolute atomic E-state index is 0.0168. The predicted octanol–water partition coefficient (Wildman–Crippen LogP) is 1.81. The lowest BCUT2D eigenvalue weighted by atomic mass is 10.1. The zero-order chi connectivity index (χ0) is 22.6. The Morgan fingerprint density at radius 1 is 1.35 bits per heavy atom. The van der Waals surface area contributed by atoms with Gasteiger partial charge in [0.1, 0.15) is 0 Å². The van der Waals surface area contributed by atoms with Crippen molar-refractivity contribution in [1.29, 1.82) is 0 Å². The predicted molar refractivity (Wildman–Crippen MR) is 122 cm³/mol. The summed E-state index contributed by atoms with van der Waals surface area (Å²) >= 11 is 1.20. The molecule has 8 nitrogen and oxygen atoms in total. The second-order valence-electron chi connectivity index (χ2n) is 8.15. The average Bonchev–Trinajstić information content (AvgIpc) is 3.09. The molecule has 10 heteroatoms. The maximum absolute atomic E-state index is 13.1. The third-order valence-electron chi connectivity index (χ3n) is 5.20. The summed E-state index contributed by atoms with van der Waals surface area (Å²) in [6, 6.07) is 6.83. The largest absolute Gasteiger partial charge is 0.383 e. The number of ether oxygens (including phenoxy) is 1. The van der Waals surface area contributed by atoms with Crippen LogP contribution in [0.15, 0.2) is 34.2 Å². The Labute approximate surface area is 186 Å². The molecule has 0 saturated carbocycles. The van der Waals surface area contributed by atoms with Gasteiger partial charge in [0, 0.05) is 19.7 Å². The van der Waals surface area contributed by atoms with Crippen LogP contribution in [0.2, 0.25) is 0 Å². The van der Waals surface area contributed by atoms with Crippen LogP contribution in [0, 0.1) is 5.92 Å². The molecular weight excluding hydrogens is 438 g/mol. The number of carbonyl (C=O) groups is 1. The van der Waals surface area contributed by atoms with E-state index in [2.05, 4.69) is 4.98 Å². The zero-order valence-corrected chi connectivity index (χ0v) is 19.7. The molecule has 0 N–H and O–H groups in total. The molecule has 0 radical (unpaired) electrons. The lowest BCUT2D eigenvalue weighted by Gasteiger charge is -2.30. The molecule has 1 aliphatic rings. The molecule has 31 heavy (non-hydrogen) atoms. The lowest BCUT2D eigenvalue weighted by Crippen LogP contribution is -2.44. The van der Waals surface area contributed by atoms with Gasteiger partial charge >= 0.3 is 0 Å². The highest BCUT2D eigenvalue weighted by molar-refractivity contribution is 7.99.